The minimum Gasteiger partial charge on any atom is -0.477 e. The number of esters is 1. The van der Waals surface area contributed by atoms with Crippen LogP contribution in [0.25, 0.3) is 0 Å². The number of nitrogens with zero attached hydrogens (tertiary/aromatic N) is 2. The van der Waals surface area contributed by atoms with Gasteiger partial charge in [-0.05, 0) is 31.7 Å². The number of aromatic nitrogens is 2. The molecule has 25 heavy (non-hydrogen) atoms. The molecule has 6 nitrogen and oxygen atoms in total. The van der Waals surface area contributed by atoms with E-state index in [1.807, 2.05) is 37.3 Å². The molecular weight excluding hydrogens is 320 g/mol. The van der Waals surface area contributed by atoms with E-state index in [0.717, 1.165) is 24.2 Å². The predicted octanol–water partition coefficient (Wildman–Crippen LogP) is 3.25. The summed E-state index contributed by atoms with van der Waals surface area (Å²) in [5, 5.41) is 9.56. The number of benzene rings is 1. The van der Waals surface area contributed by atoms with Gasteiger partial charge in [-0.15, -0.1) is 0 Å². The molecule has 2 unspecified atom stereocenters. The van der Waals surface area contributed by atoms with Crippen molar-refractivity contribution in [3.05, 3.63) is 53.6 Å². The second kappa shape index (κ2) is 7.09. The largest absolute Gasteiger partial charge is 0.477 e. The third kappa shape index (κ3) is 3.29. The lowest BCUT2D eigenvalue weighted by Crippen LogP contribution is -2.18. The van der Waals surface area contributed by atoms with Gasteiger partial charge in [-0.3, -0.25) is 4.79 Å². The second-order valence-corrected chi connectivity index (χ2v) is 6.49. The van der Waals surface area contributed by atoms with Crippen molar-refractivity contribution in [1.82, 2.24) is 9.55 Å². The third-order valence-corrected chi connectivity index (χ3v) is 5.05. The van der Waals surface area contributed by atoms with Gasteiger partial charge in [0, 0.05) is 5.92 Å². The number of methoxy groups -OCH3 is 1. The van der Waals surface area contributed by atoms with Gasteiger partial charge in [0.1, 0.15) is 11.5 Å². The zero-order valence-corrected chi connectivity index (χ0v) is 14.4. The highest BCUT2D eigenvalue weighted by Gasteiger charge is 2.35. The number of hydrogen-bond donors (Lipinski definition) is 1. The maximum Gasteiger partial charge on any atom is 0.354 e. The van der Waals surface area contributed by atoms with Gasteiger partial charge in [-0.25, -0.2) is 9.78 Å². The normalized spacial score (nSPS) is 21.0. The van der Waals surface area contributed by atoms with E-state index in [0.29, 0.717) is 6.42 Å². The number of carboxylic acid groups (broad SMARTS) is 1. The minimum atomic E-state index is -0.996. The van der Waals surface area contributed by atoms with Crippen LogP contribution in [-0.2, 0) is 9.53 Å². The number of hydrogen-bond acceptors (Lipinski definition) is 4. The van der Waals surface area contributed by atoms with E-state index in [1.54, 1.807) is 4.57 Å². The predicted molar refractivity (Wildman–Crippen MR) is 91.5 cm³/mol. The van der Waals surface area contributed by atoms with Crippen molar-refractivity contribution >= 4 is 11.9 Å². The lowest BCUT2D eigenvalue weighted by atomic mass is 10.0. The maximum atomic E-state index is 11.8. The average molecular weight is 342 g/mol. The molecule has 1 aromatic heterocycles. The van der Waals surface area contributed by atoms with Crippen LogP contribution in [0, 0.1) is 5.92 Å². The zero-order valence-electron chi connectivity index (χ0n) is 14.4. The molecule has 1 aromatic carbocycles. The highest BCUT2D eigenvalue weighted by atomic mass is 16.5. The van der Waals surface area contributed by atoms with Crippen LogP contribution in [0.5, 0.6) is 0 Å². The SMILES string of the molecule is COC(=O)C1CCC(c2ncc(C(=O)O)n2[C@H](C)c2ccccc2)C1. The van der Waals surface area contributed by atoms with Crippen molar-refractivity contribution in [2.24, 2.45) is 5.92 Å². The highest BCUT2D eigenvalue weighted by molar-refractivity contribution is 5.85. The lowest BCUT2D eigenvalue weighted by molar-refractivity contribution is -0.145. The van der Waals surface area contributed by atoms with Gasteiger partial charge in [0.05, 0.1) is 25.3 Å². The summed E-state index contributed by atoms with van der Waals surface area (Å²) in [6.45, 7) is 1.97. The molecule has 6 heteroatoms. The Morgan fingerprint density at radius 1 is 1.28 bits per heavy atom. The zero-order chi connectivity index (χ0) is 18.0. The van der Waals surface area contributed by atoms with Crippen molar-refractivity contribution < 1.29 is 19.4 Å². The van der Waals surface area contributed by atoms with Crippen LogP contribution in [0.1, 0.15) is 60.0 Å². The van der Waals surface area contributed by atoms with Gasteiger partial charge in [-0.2, -0.15) is 0 Å². The fourth-order valence-corrected chi connectivity index (χ4v) is 3.72. The average Bonchev–Trinajstić information content (AvgIpc) is 3.27. The Kier molecular flexibility index (Phi) is 4.88. The fraction of sp³-hybridized carbons (Fsp3) is 0.421. The summed E-state index contributed by atoms with van der Waals surface area (Å²) in [6.07, 6.45) is 3.61. The van der Waals surface area contributed by atoms with Crippen molar-refractivity contribution in [3.8, 4) is 0 Å². The molecular formula is C19H22N2O4. The van der Waals surface area contributed by atoms with E-state index in [2.05, 4.69) is 4.98 Å². The van der Waals surface area contributed by atoms with Crippen LogP contribution in [0.3, 0.4) is 0 Å². The maximum absolute atomic E-state index is 11.8. The Balaban J connectivity index is 1.96. The molecule has 0 saturated heterocycles. The Morgan fingerprint density at radius 3 is 2.64 bits per heavy atom. The number of carboxylic acids is 1. The minimum absolute atomic E-state index is 0.0587. The van der Waals surface area contributed by atoms with Crippen LogP contribution in [0.4, 0.5) is 0 Å². The Labute approximate surface area is 146 Å². The summed E-state index contributed by atoms with van der Waals surface area (Å²) >= 11 is 0. The first kappa shape index (κ1) is 17.2. The van der Waals surface area contributed by atoms with Crippen LogP contribution >= 0.6 is 0 Å². The molecule has 0 spiro atoms. The smallest absolute Gasteiger partial charge is 0.354 e. The molecule has 1 fully saturated rings. The van der Waals surface area contributed by atoms with Crippen LogP contribution < -0.4 is 0 Å². The summed E-state index contributed by atoms with van der Waals surface area (Å²) in [7, 11) is 1.40. The number of imidazole rings is 1. The van der Waals surface area contributed by atoms with E-state index < -0.39 is 5.97 Å². The van der Waals surface area contributed by atoms with Gasteiger partial charge in [0.2, 0.25) is 0 Å². The van der Waals surface area contributed by atoms with Crippen molar-refractivity contribution in [1.29, 1.82) is 0 Å². The first-order valence-electron chi connectivity index (χ1n) is 8.46. The Bertz CT molecular complexity index is 769. The standard InChI is InChI=1S/C19H22N2O4/c1-12(13-6-4-3-5-7-13)21-16(18(22)23)11-20-17(21)14-8-9-15(10-14)19(24)25-2/h3-7,11-12,14-15H,8-10H2,1-2H3,(H,22,23)/t12-,14?,15?/m1/s1. The van der Waals surface area contributed by atoms with Gasteiger partial charge >= 0.3 is 11.9 Å². The van der Waals surface area contributed by atoms with Crippen LogP contribution in [0.15, 0.2) is 36.5 Å². The fourth-order valence-electron chi connectivity index (χ4n) is 3.72. The molecule has 1 aliphatic carbocycles. The summed E-state index contributed by atoms with van der Waals surface area (Å²) < 4.78 is 6.64. The third-order valence-electron chi connectivity index (χ3n) is 5.05. The molecule has 0 radical (unpaired) electrons. The van der Waals surface area contributed by atoms with Crippen LogP contribution in [-0.4, -0.2) is 33.7 Å². The number of aromatic carboxylic acids is 1. The molecule has 0 aliphatic heterocycles. The molecule has 3 atom stereocenters. The molecule has 1 heterocycles. The lowest BCUT2D eigenvalue weighted by Gasteiger charge is -2.21. The molecule has 1 saturated carbocycles. The molecule has 0 amide bonds. The van der Waals surface area contributed by atoms with E-state index in [9.17, 15) is 14.7 Å². The van der Waals surface area contributed by atoms with Gasteiger partial charge in [0.15, 0.2) is 0 Å². The Morgan fingerprint density at radius 2 is 2.00 bits per heavy atom. The molecule has 0 bridgehead atoms. The molecule has 2 aromatic rings. The van der Waals surface area contributed by atoms with Crippen molar-refractivity contribution in [2.75, 3.05) is 7.11 Å². The van der Waals surface area contributed by atoms with Crippen molar-refractivity contribution in [2.45, 2.75) is 38.1 Å². The molecule has 3 rings (SSSR count). The van der Waals surface area contributed by atoms with Crippen LogP contribution in [0.2, 0.25) is 0 Å². The molecule has 132 valence electrons. The van der Waals surface area contributed by atoms with E-state index in [1.165, 1.54) is 13.3 Å². The molecule has 1 aliphatic rings. The summed E-state index contributed by atoms with van der Waals surface area (Å²) in [5.74, 6) is -0.539. The highest BCUT2D eigenvalue weighted by Crippen LogP contribution is 2.40. The topological polar surface area (TPSA) is 81.4 Å². The monoisotopic (exact) mass is 342 g/mol. The van der Waals surface area contributed by atoms with E-state index >= 15 is 0 Å². The number of carbonyl (C=O) groups is 2. The quantitative estimate of drug-likeness (QED) is 0.844. The second-order valence-electron chi connectivity index (χ2n) is 6.49. The van der Waals surface area contributed by atoms with E-state index in [-0.39, 0.29) is 29.5 Å². The van der Waals surface area contributed by atoms with Gasteiger partial charge in [0.25, 0.3) is 0 Å². The number of rotatable bonds is 5. The summed E-state index contributed by atoms with van der Waals surface area (Å²) in [5.41, 5.74) is 1.19. The first-order valence-corrected chi connectivity index (χ1v) is 8.46. The summed E-state index contributed by atoms with van der Waals surface area (Å²) in [4.78, 5) is 27.9. The first-order chi connectivity index (χ1) is 12.0. The van der Waals surface area contributed by atoms with E-state index in [4.69, 9.17) is 4.74 Å². The van der Waals surface area contributed by atoms with Gasteiger partial charge in [-0.1, -0.05) is 30.3 Å². The van der Waals surface area contributed by atoms with Crippen molar-refractivity contribution in [3.63, 3.8) is 0 Å². The van der Waals surface area contributed by atoms with Gasteiger partial charge < -0.3 is 14.4 Å². The Hall–Kier alpha value is -2.63. The number of carbonyl (C=O) groups excluding carboxylic acids is 1. The summed E-state index contributed by atoms with van der Waals surface area (Å²) in [6, 6.07) is 9.61. The number of ether oxygens (including phenoxy) is 1. The molecule has 1 N–H and O–H groups in total.